The Morgan fingerprint density at radius 1 is 1.19 bits per heavy atom. The van der Waals surface area contributed by atoms with Crippen molar-refractivity contribution in [1.82, 2.24) is 0 Å². The van der Waals surface area contributed by atoms with Crippen LogP contribution >= 0.6 is 0 Å². The molecule has 0 bridgehead atoms. The summed E-state index contributed by atoms with van der Waals surface area (Å²) in [5.41, 5.74) is 1.25. The second-order valence-corrected chi connectivity index (χ2v) is 4.55. The first-order valence-electron chi connectivity index (χ1n) is 5.00. The first kappa shape index (κ1) is 11.2. The van der Waals surface area contributed by atoms with Crippen LogP contribution in [-0.2, 0) is 11.6 Å². The van der Waals surface area contributed by atoms with Crippen LogP contribution in [0.25, 0.3) is 0 Å². The van der Waals surface area contributed by atoms with Gasteiger partial charge in [-0.2, -0.15) is 13.2 Å². The molecule has 0 aromatic heterocycles. The maximum atomic E-state index is 12.5. The topological polar surface area (TPSA) is 12.4 Å². The minimum Gasteiger partial charge on any atom is -0.257 e. The number of fused-ring (bicyclic) bond motifs is 1. The van der Waals surface area contributed by atoms with E-state index in [0.29, 0.717) is 5.69 Å². The van der Waals surface area contributed by atoms with E-state index in [0.717, 1.165) is 23.4 Å². The number of benzene rings is 1. The van der Waals surface area contributed by atoms with Crippen molar-refractivity contribution in [3.63, 3.8) is 0 Å². The Bertz CT molecular complexity index is 470. The zero-order valence-electron chi connectivity index (χ0n) is 9.31. The fraction of sp³-hybridized carbons (Fsp3) is 0.417. The molecular formula is C12H12F3N. The van der Waals surface area contributed by atoms with Crippen molar-refractivity contribution in [3.8, 4) is 0 Å². The normalized spacial score (nSPS) is 18.2. The maximum absolute atomic E-state index is 12.5. The molecule has 4 heteroatoms. The molecule has 16 heavy (non-hydrogen) atoms. The molecule has 0 N–H and O–H groups in total. The fourth-order valence-electron chi connectivity index (χ4n) is 1.84. The van der Waals surface area contributed by atoms with Gasteiger partial charge in [0, 0.05) is 11.1 Å². The molecule has 2 rings (SSSR count). The highest BCUT2D eigenvalue weighted by Gasteiger charge is 2.36. The molecule has 0 amide bonds. The van der Waals surface area contributed by atoms with Crippen molar-refractivity contribution in [1.29, 1.82) is 0 Å². The number of rotatable bonds is 0. The molecule has 1 heterocycles. The van der Waals surface area contributed by atoms with Gasteiger partial charge >= 0.3 is 6.18 Å². The molecule has 0 aliphatic carbocycles. The Hall–Kier alpha value is -1.32. The molecule has 0 radical (unpaired) electrons. The van der Waals surface area contributed by atoms with Crippen LogP contribution in [0, 0.1) is 0 Å². The SMILES string of the molecule is CC1=Nc2cc(C(F)(F)F)ccc2C1(C)C. The van der Waals surface area contributed by atoms with Gasteiger partial charge in [0.25, 0.3) is 0 Å². The average Bonchev–Trinajstić information content (AvgIpc) is 2.36. The highest BCUT2D eigenvalue weighted by Crippen LogP contribution is 2.42. The summed E-state index contributed by atoms with van der Waals surface area (Å²) < 4.78 is 37.5. The molecule has 1 nitrogen and oxygen atoms in total. The van der Waals surface area contributed by atoms with E-state index in [-0.39, 0.29) is 5.41 Å². The summed E-state index contributed by atoms with van der Waals surface area (Å²) >= 11 is 0. The lowest BCUT2D eigenvalue weighted by Crippen LogP contribution is -2.22. The molecule has 86 valence electrons. The van der Waals surface area contributed by atoms with Crippen LogP contribution in [-0.4, -0.2) is 5.71 Å². The Morgan fingerprint density at radius 3 is 2.38 bits per heavy atom. The third-order valence-corrected chi connectivity index (χ3v) is 3.19. The van der Waals surface area contributed by atoms with Crippen LogP contribution in [0.15, 0.2) is 23.2 Å². The van der Waals surface area contributed by atoms with E-state index in [1.54, 1.807) is 0 Å². The van der Waals surface area contributed by atoms with Crippen LogP contribution < -0.4 is 0 Å². The van der Waals surface area contributed by atoms with Crippen molar-refractivity contribution >= 4 is 11.4 Å². The van der Waals surface area contributed by atoms with Crippen molar-refractivity contribution in [2.75, 3.05) is 0 Å². The third-order valence-electron chi connectivity index (χ3n) is 3.19. The van der Waals surface area contributed by atoms with E-state index in [1.165, 1.54) is 6.07 Å². The lowest BCUT2D eigenvalue weighted by Gasteiger charge is -2.20. The number of halogens is 3. The van der Waals surface area contributed by atoms with Gasteiger partial charge in [-0.1, -0.05) is 19.9 Å². The molecule has 1 aromatic rings. The minimum atomic E-state index is -4.30. The van der Waals surface area contributed by atoms with Gasteiger partial charge in [-0.25, -0.2) is 0 Å². The smallest absolute Gasteiger partial charge is 0.257 e. The van der Waals surface area contributed by atoms with E-state index >= 15 is 0 Å². The third kappa shape index (κ3) is 1.52. The van der Waals surface area contributed by atoms with E-state index in [9.17, 15) is 13.2 Å². The highest BCUT2D eigenvalue weighted by atomic mass is 19.4. The lowest BCUT2D eigenvalue weighted by molar-refractivity contribution is -0.137. The van der Waals surface area contributed by atoms with Crippen molar-refractivity contribution in [2.45, 2.75) is 32.4 Å². The Morgan fingerprint density at radius 2 is 1.81 bits per heavy atom. The second-order valence-electron chi connectivity index (χ2n) is 4.55. The average molecular weight is 227 g/mol. The molecule has 1 aliphatic rings. The fourth-order valence-corrected chi connectivity index (χ4v) is 1.84. The summed E-state index contributed by atoms with van der Waals surface area (Å²) in [5, 5.41) is 0. The van der Waals surface area contributed by atoms with Crippen LogP contribution in [0.5, 0.6) is 0 Å². The zero-order valence-corrected chi connectivity index (χ0v) is 9.31. The molecule has 0 atom stereocenters. The van der Waals surface area contributed by atoms with Gasteiger partial charge in [0.1, 0.15) is 0 Å². The Labute approximate surface area is 92.0 Å². The quantitative estimate of drug-likeness (QED) is 0.633. The van der Waals surface area contributed by atoms with Crippen LogP contribution in [0.4, 0.5) is 18.9 Å². The summed E-state index contributed by atoms with van der Waals surface area (Å²) in [5.74, 6) is 0. The maximum Gasteiger partial charge on any atom is 0.416 e. The molecule has 0 spiro atoms. The second kappa shape index (κ2) is 3.09. The molecular weight excluding hydrogens is 215 g/mol. The first-order valence-corrected chi connectivity index (χ1v) is 5.00. The predicted octanol–water partition coefficient (Wildman–Crippen LogP) is 4.09. The Balaban J connectivity index is 2.56. The van der Waals surface area contributed by atoms with Gasteiger partial charge in [-0.3, -0.25) is 4.99 Å². The van der Waals surface area contributed by atoms with Gasteiger partial charge < -0.3 is 0 Å². The van der Waals surface area contributed by atoms with E-state index in [4.69, 9.17) is 0 Å². The number of alkyl halides is 3. The standard InChI is InChI=1S/C12H12F3N/c1-7-11(2,3)9-5-4-8(12(13,14)15)6-10(9)16-7/h4-6H,1-3H3. The monoisotopic (exact) mass is 227 g/mol. The predicted molar refractivity (Wildman–Crippen MR) is 57.2 cm³/mol. The van der Waals surface area contributed by atoms with Crippen LogP contribution in [0.3, 0.4) is 0 Å². The van der Waals surface area contributed by atoms with Gasteiger partial charge in [0.05, 0.1) is 11.3 Å². The molecule has 0 saturated carbocycles. The van der Waals surface area contributed by atoms with Gasteiger partial charge in [-0.15, -0.1) is 0 Å². The van der Waals surface area contributed by atoms with Crippen molar-refractivity contribution in [2.24, 2.45) is 4.99 Å². The largest absolute Gasteiger partial charge is 0.416 e. The summed E-state index contributed by atoms with van der Waals surface area (Å²) in [7, 11) is 0. The summed E-state index contributed by atoms with van der Waals surface area (Å²) in [6.07, 6.45) is -4.30. The summed E-state index contributed by atoms with van der Waals surface area (Å²) in [6, 6.07) is 3.76. The van der Waals surface area contributed by atoms with Crippen molar-refractivity contribution in [3.05, 3.63) is 29.3 Å². The van der Waals surface area contributed by atoms with Gasteiger partial charge in [0.2, 0.25) is 0 Å². The Kier molecular flexibility index (Phi) is 2.16. The molecule has 1 aromatic carbocycles. The molecule has 0 saturated heterocycles. The minimum absolute atomic E-state index is 0.264. The summed E-state index contributed by atoms with van der Waals surface area (Å²) in [6.45, 7) is 5.77. The van der Waals surface area contributed by atoms with Gasteiger partial charge in [-0.05, 0) is 24.6 Å². The number of aliphatic imine (C=N–C) groups is 1. The van der Waals surface area contributed by atoms with Gasteiger partial charge in [0.15, 0.2) is 0 Å². The van der Waals surface area contributed by atoms with Crippen LogP contribution in [0.2, 0.25) is 0 Å². The zero-order chi connectivity index (χ0) is 12.1. The number of nitrogens with zero attached hydrogens (tertiary/aromatic N) is 1. The molecule has 0 fully saturated rings. The highest BCUT2D eigenvalue weighted by molar-refractivity contribution is 5.99. The van der Waals surface area contributed by atoms with E-state index in [2.05, 4.69) is 4.99 Å². The number of hydrogen-bond donors (Lipinski definition) is 0. The lowest BCUT2D eigenvalue weighted by atomic mass is 9.82. The van der Waals surface area contributed by atoms with Crippen molar-refractivity contribution < 1.29 is 13.2 Å². The molecule has 0 unspecified atom stereocenters. The van der Waals surface area contributed by atoms with E-state index in [1.807, 2.05) is 20.8 Å². The summed E-state index contributed by atoms with van der Waals surface area (Å²) in [4.78, 5) is 4.20. The number of hydrogen-bond acceptors (Lipinski definition) is 1. The molecule has 1 aliphatic heterocycles. The first-order chi connectivity index (χ1) is 7.23. The van der Waals surface area contributed by atoms with E-state index < -0.39 is 11.7 Å². The van der Waals surface area contributed by atoms with Crippen LogP contribution in [0.1, 0.15) is 31.9 Å².